The van der Waals surface area contributed by atoms with Crippen molar-refractivity contribution in [3.8, 4) is 17.1 Å². The van der Waals surface area contributed by atoms with Gasteiger partial charge in [-0.2, -0.15) is 5.10 Å². The average molecular weight is 397 g/mol. The average Bonchev–Trinajstić information content (AvgIpc) is 3.41. The molecule has 28 heavy (non-hydrogen) atoms. The lowest BCUT2D eigenvalue weighted by molar-refractivity contribution is 0.0945. The van der Waals surface area contributed by atoms with Crippen LogP contribution in [0.1, 0.15) is 27.5 Å². The number of benzene rings is 1. The van der Waals surface area contributed by atoms with E-state index in [2.05, 4.69) is 15.6 Å². The Balaban J connectivity index is 1.65. The summed E-state index contributed by atoms with van der Waals surface area (Å²) in [6.45, 7) is 3.96. The second-order valence-corrected chi connectivity index (χ2v) is 6.70. The predicted octanol–water partition coefficient (Wildman–Crippen LogP) is 4.32. The SMILES string of the molecule is Cc1noc(C)c1CNC(=O)c1cc(-c2ccco2)n(-c2ccc(Cl)cc2)n1. The maximum atomic E-state index is 12.7. The van der Waals surface area contributed by atoms with E-state index in [-0.39, 0.29) is 11.6 Å². The summed E-state index contributed by atoms with van der Waals surface area (Å²) in [4.78, 5) is 12.7. The third-order valence-electron chi connectivity index (χ3n) is 4.39. The Bertz CT molecular complexity index is 1090. The first-order valence-corrected chi connectivity index (χ1v) is 9.00. The monoisotopic (exact) mass is 396 g/mol. The Kier molecular flexibility index (Phi) is 4.75. The first kappa shape index (κ1) is 18.1. The molecule has 3 aromatic heterocycles. The minimum Gasteiger partial charge on any atom is -0.463 e. The molecule has 0 atom stereocenters. The summed E-state index contributed by atoms with van der Waals surface area (Å²) >= 11 is 5.98. The molecule has 8 heteroatoms. The fraction of sp³-hybridized carbons (Fsp3) is 0.150. The first-order valence-electron chi connectivity index (χ1n) is 8.63. The number of amides is 1. The number of aryl methyl sites for hydroxylation is 2. The quantitative estimate of drug-likeness (QED) is 0.543. The number of rotatable bonds is 5. The van der Waals surface area contributed by atoms with Crippen LogP contribution in [0.25, 0.3) is 17.1 Å². The van der Waals surface area contributed by atoms with E-state index in [0.29, 0.717) is 28.8 Å². The highest BCUT2D eigenvalue weighted by molar-refractivity contribution is 6.30. The largest absolute Gasteiger partial charge is 0.463 e. The lowest BCUT2D eigenvalue weighted by Gasteiger charge is -2.05. The zero-order valence-electron chi connectivity index (χ0n) is 15.3. The number of carbonyl (C=O) groups excluding carboxylic acids is 1. The van der Waals surface area contributed by atoms with E-state index < -0.39 is 0 Å². The van der Waals surface area contributed by atoms with Crippen LogP contribution in [-0.4, -0.2) is 20.8 Å². The van der Waals surface area contributed by atoms with Crippen LogP contribution in [0.2, 0.25) is 5.02 Å². The molecule has 0 fully saturated rings. The topological polar surface area (TPSA) is 86.1 Å². The van der Waals surface area contributed by atoms with Gasteiger partial charge in [-0.15, -0.1) is 0 Å². The molecule has 0 spiro atoms. The van der Waals surface area contributed by atoms with Crippen LogP contribution in [0.15, 0.2) is 57.7 Å². The standard InChI is InChI=1S/C20H17ClN4O3/c1-12-16(13(2)28-24-12)11-22-20(26)17-10-18(19-4-3-9-27-19)25(23-17)15-7-5-14(21)6-8-15/h3-10H,11H2,1-2H3,(H,22,26). The summed E-state index contributed by atoms with van der Waals surface area (Å²) in [6.07, 6.45) is 1.58. The van der Waals surface area contributed by atoms with Crippen LogP contribution < -0.4 is 5.32 Å². The number of nitrogens with one attached hydrogen (secondary N) is 1. The fourth-order valence-electron chi connectivity index (χ4n) is 2.88. The van der Waals surface area contributed by atoms with Crippen LogP contribution >= 0.6 is 11.6 Å². The van der Waals surface area contributed by atoms with E-state index in [1.54, 1.807) is 35.2 Å². The molecule has 0 aliphatic carbocycles. The Morgan fingerprint density at radius 1 is 1.21 bits per heavy atom. The molecule has 1 amide bonds. The zero-order chi connectivity index (χ0) is 19.7. The fourth-order valence-corrected chi connectivity index (χ4v) is 3.01. The molecular weight excluding hydrogens is 380 g/mol. The van der Waals surface area contributed by atoms with Gasteiger partial charge in [0, 0.05) is 23.2 Å². The van der Waals surface area contributed by atoms with Gasteiger partial charge in [-0.25, -0.2) is 4.68 Å². The number of nitrogens with zero attached hydrogens (tertiary/aromatic N) is 3. The second-order valence-electron chi connectivity index (χ2n) is 6.27. The number of halogens is 1. The molecule has 142 valence electrons. The van der Waals surface area contributed by atoms with Crippen molar-refractivity contribution in [3.63, 3.8) is 0 Å². The van der Waals surface area contributed by atoms with Gasteiger partial charge < -0.3 is 14.3 Å². The molecule has 0 aliphatic heterocycles. The lowest BCUT2D eigenvalue weighted by Crippen LogP contribution is -2.24. The summed E-state index contributed by atoms with van der Waals surface area (Å²) in [5.41, 5.74) is 3.31. The maximum absolute atomic E-state index is 12.7. The molecule has 0 saturated heterocycles. The summed E-state index contributed by atoms with van der Waals surface area (Å²) in [6, 6.07) is 12.5. The zero-order valence-corrected chi connectivity index (χ0v) is 16.0. The molecule has 4 rings (SSSR count). The Morgan fingerprint density at radius 2 is 2.00 bits per heavy atom. The number of carbonyl (C=O) groups is 1. The van der Waals surface area contributed by atoms with Crippen LogP contribution in [-0.2, 0) is 6.54 Å². The van der Waals surface area contributed by atoms with Crippen molar-refractivity contribution < 1.29 is 13.7 Å². The molecule has 7 nitrogen and oxygen atoms in total. The van der Waals surface area contributed by atoms with Gasteiger partial charge in [-0.1, -0.05) is 16.8 Å². The Hall–Kier alpha value is -3.32. The minimum atomic E-state index is -0.305. The van der Waals surface area contributed by atoms with Crippen LogP contribution in [0, 0.1) is 13.8 Å². The van der Waals surface area contributed by atoms with Gasteiger partial charge in [-0.05, 0) is 50.2 Å². The van der Waals surface area contributed by atoms with Crippen molar-refractivity contribution in [1.82, 2.24) is 20.3 Å². The van der Waals surface area contributed by atoms with Crippen molar-refractivity contribution in [1.29, 1.82) is 0 Å². The van der Waals surface area contributed by atoms with Crippen molar-refractivity contribution >= 4 is 17.5 Å². The molecule has 4 aromatic rings. The van der Waals surface area contributed by atoms with E-state index in [1.165, 1.54) is 0 Å². The molecule has 0 radical (unpaired) electrons. The highest BCUT2D eigenvalue weighted by Gasteiger charge is 2.19. The van der Waals surface area contributed by atoms with Gasteiger partial charge in [0.1, 0.15) is 11.5 Å². The van der Waals surface area contributed by atoms with Crippen molar-refractivity contribution in [2.24, 2.45) is 0 Å². The van der Waals surface area contributed by atoms with Gasteiger partial charge in [0.25, 0.3) is 5.91 Å². The molecule has 0 saturated carbocycles. The summed E-state index contributed by atoms with van der Waals surface area (Å²) in [5, 5.41) is 11.9. The maximum Gasteiger partial charge on any atom is 0.272 e. The third kappa shape index (κ3) is 3.44. The van der Waals surface area contributed by atoms with E-state index in [9.17, 15) is 4.79 Å². The highest BCUT2D eigenvalue weighted by Crippen LogP contribution is 2.25. The minimum absolute atomic E-state index is 0.271. The van der Waals surface area contributed by atoms with Gasteiger partial charge in [0.2, 0.25) is 0 Å². The van der Waals surface area contributed by atoms with Gasteiger partial charge in [0.15, 0.2) is 11.5 Å². The van der Waals surface area contributed by atoms with Gasteiger partial charge in [-0.3, -0.25) is 4.79 Å². The number of aromatic nitrogens is 3. The summed E-state index contributed by atoms with van der Waals surface area (Å²) < 4.78 is 12.3. The molecule has 1 N–H and O–H groups in total. The number of furan rings is 1. The normalized spacial score (nSPS) is 11.0. The predicted molar refractivity (Wildman–Crippen MR) is 103 cm³/mol. The highest BCUT2D eigenvalue weighted by atomic mass is 35.5. The molecule has 3 heterocycles. The van der Waals surface area contributed by atoms with Crippen LogP contribution in [0.5, 0.6) is 0 Å². The molecule has 1 aromatic carbocycles. The molecule has 0 unspecified atom stereocenters. The van der Waals surface area contributed by atoms with Gasteiger partial charge in [0.05, 0.1) is 17.6 Å². The Morgan fingerprint density at radius 3 is 2.64 bits per heavy atom. The van der Waals surface area contributed by atoms with Gasteiger partial charge >= 0.3 is 0 Å². The summed E-state index contributed by atoms with van der Waals surface area (Å²) in [7, 11) is 0. The number of hydrogen-bond donors (Lipinski definition) is 1. The van der Waals surface area contributed by atoms with E-state index in [4.69, 9.17) is 20.5 Å². The van der Waals surface area contributed by atoms with Crippen LogP contribution in [0.3, 0.4) is 0 Å². The number of hydrogen-bond acceptors (Lipinski definition) is 5. The van der Waals surface area contributed by atoms with E-state index in [1.807, 2.05) is 32.0 Å². The van der Waals surface area contributed by atoms with E-state index >= 15 is 0 Å². The first-order chi connectivity index (χ1) is 13.5. The second kappa shape index (κ2) is 7.36. The third-order valence-corrected chi connectivity index (χ3v) is 4.65. The van der Waals surface area contributed by atoms with Crippen LogP contribution in [0.4, 0.5) is 0 Å². The van der Waals surface area contributed by atoms with E-state index in [0.717, 1.165) is 16.9 Å². The lowest BCUT2D eigenvalue weighted by atomic mass is 10.2. The molecule has 0 aliphatic rings. The van der Waals surface area contributed by atoms with Crippen molar-refractivity contribution in [3.05, 3.63) is 76.5 Å². The van der Waals surface area contributed by atoms with Crippen molar-refractivity contribution in [2.75, 3.05) is 0 Å². The summed E-state index contributed by atoms with van der Waals surface area (Å²) in [5.74, 6) is 0.980. The van der Waals surface area contributed by atoms with Crippen molar-refractivity contribution in [2.45, 2.75) is 20.4 Å². The molecule has 0 bridgehead atoms. The molecular formula is C20H17ClN4O3. The smallest absolute Gasteiger partial charge is 0.272 e. The Labute approximate surface area is 165 Å².